The van der Waals surface area contributed by atoms with Crippen LogP contribution >= 0.6 is 11.9 Å². The van der Waals surface area contributed by atoms with Crippen LogP contribution in [0, 0.1) is 0 Å². The van der Waals surface area contributed by atoms with Crippen LogP contribution in [0.25, 0.3) is 11.0 Å². The zero-order valence-electron chi connectivity index (χ0n) is 13.1. The molecule has 130 valence electrons. The lowest BCUT2D eigenvalue weighted by Crippen LogP contribution is -2.30. The number of halogens is 3. The standard InChI is InChI=1S/C17H15F3N4S/c18-17(19,20)11-1-4-13(5-2-11)25-24-12-3-6-14-10(7-12)8-21-16-15(14)9-22-23-16/h1-2,4-5,8-9,12,24H,3,6-7H2,(H,21,22,23). The van der Waals surface area contributed by atoms with Gasteiger partial charge in [0.15, 0.2) is 5.65 Å². The molecule has 0 saturated heterocycles. The van der Waals surface area contributed by atoms with E-state index < -0.39 is 11.7 Å². The Morgan fingerprint density at radius 3 is 2.72 bits per heavy atom. The molecule has 2 aromatic heterocycles. The maximum atomic E-state index is 12.6. The lowest BCUT2D eigenvalue weighted by Gasteiger charge is -2.25. The molecule has 4 nitrogen and oxygen atoms in total. The van der Waals surface area contributed by atoms with Gasteiger partial charge in [-0.3, -0.25) is 9.82 Å². The van der Waals surface area contributed by atoms with Gasteiger partial charge in [-0.15, -0.1) is 0 Å². The van der Waals surface area contributed by atoms with Crippen LogP contribution < -0.4 is 4.72 Å². The molecular formula is C17H15F3N4S. The van der Waals surface area contributed by atoms with Gasteiger partial charge in [-0.05, 0) is 66.6 Å². The minimum atomic E-state index is -4.30. The van der Waals surface area contributed by atoms with Crippen molar-refractivity contribution in [2.24, 2.45) is 0 Å². The number of hydrogen-bond acceptors (Lipinski definition) is 4. The monoisotopic (exact) mass is 364 g/mol. The van der Waals surface area contributed by atoms with E-state index in [1.807, 2.05) is 12.4 Å². The molecule has 0 amide bonds. The molecule has 1 atom stereocenters. The molecule has 0 fully saturated rings. The molecule has 0 bridgehead atoms. The Kier molecular flexibility index (Phi) is 4.16. The fourth-order valence-electron chi connectivity index (χ4n) is 3.11. The number of aryl methyl sites for hydroxylation is 1. The number of H-pyrrole nitrogens is 1. The van der Waals surface area contributed by atoms with Crippen molar-refractivity contribution in [3.8, 4) is 0 Å². The van der Waals surface area contributed by atoms with Gasteiger partial charge in [-0.25, -0.2) is 4.98 Å². The van der Waals surface area contributed by atoms with E-state index in [4.69, 9.17) is 0 Å². The number of nitrogens with zero attached hydrogens (tertiary/aromatic N) is 2. The molecule has 0 aliphatic heterocycles. The summed E-state index contributed by atoms with van der Waals surface area (Å²) in [6, 6.07) is 5.46. The second-order valence-electron chi connectivity index (χ2n) is 6.08. The Morgan fingerprint density at radius 1 is 1.16 bits per heavy atom. The number of aromatic amines is 1. The summed E-state index contributed by atoms with van der Waals surface area (Å²) in [6.45, 7) is 0. The molecular weight excluding hydrogens is 349 g/mol. The largest absolute Gasteiger partial charge is 0.416 e. The van der Waals surface area contributed by atoms with Crippen LogP contribution in [-0.2, 0) is 19.0 Å². The summed E-state index contributed by atoms with van der Waals surface area (Å²) in [5.74, 6) is 0. The summed E-state index contributed by atoms with van der Waals surface area (Å²) in [5, 5.41) is 8.00. The van der Waals surface area contributed by atoms with Crippen LogP contribution in [0.15, 0.2) is 41.6 Å². The summed E-state index contributed by atoms with van der Waals surface area (Å²) in [4.78, 5) is 5.15. The fraction of sp³-hybridized carbons (Fsp3) is 0.294. The number of alkyl halides is 3. The predicted octanol–water partition coefficient (Wildman–Crippen LogP) is 4.13. The summed E-state index contributed by atoms with van der Waals surface area (Å²) >= 11 is 1.37. The summed E-state index contributed by atoms with van der Waals surface area (Å²) in [6.07, 6.45) is 2.13. The topological polar surface area (TPSA) is 53.6 Å². The summed E-state index contributed by atoms with van der Waals surface area (Å²) in [5.41, 5.74) is 2.67. The molecule has 1 aliphatic rings. The first-order chi connectivity index (χ1) is 12.0. The number of pyridine rings is 1. The quantitative estimate of drug-likeness (QED) is 0.686. The molecule has 8 heteroatoms. The van der Waals surface area contributed by atoms with Crippen molar-refractivity contribution in [3.05, 3.63) is 53.3 Å². The molecule has 0 spiro atoms. The lowest BCUT2D eigenvalue weighted by atomic mass is 9.88. The first-order valence-electron chi connectivity index (χ1n) is 7.90. The molecule has 4 rings (SSSR count). The van der Waals surface area contributed by atoms with E-state index >= 15 is 0 Å². The summed E-state index contributed by atoms with van der Waals surface area (Å²) < 4.78 is 41.1. The van der Waals surface area contributed by atoms with Crippen molar-refractivity contribution in [1.29, 1.82) is 0 Å². The highest BCUT2D eigenvalue weighted by Gasteiger charge is 2.30. The average Bonchev–Trinajstić information content (AvgIpc) is 3.08. The van der Waals surface area contributed by atoms with E-state index in [0.717, 1.165) is 47.3 Å². The number of aromatic nitrogens is 3. The van der Waals surface area contributed by atoms with E-state index in [9.17, 15) is 13.2 Å². The molecule has 1 unspecified atom stereocenters. The predicted molar refractivity (Wildman–Crippen MR) is 90.1 cm³/mol. The SMILES string of the molecule is FC(F)(F)c1ccc(SNC2CCc3c(cnc4[nH]ncc34)C2)cc1. The highest BCUT2D eigenvalue weighted by molar-refractivity contribution is 7.97. The van der Waals surface area contributed by atoms with Gasteiger partial charge in [0.25, 0.3) is 0 Å². The third-order valence-electron chi connectivity index (χ3n) is 4.42. The molecule has 1 aliphatic carbocycles. The van der Waals surface area contributed by atoms with E-state index in [1.165, 1.54) is 35.2 Å². The number of hydrogen-bond donors (Lipinski definition) is 2. The Morgan fingerprint density at radius 2 is 1.96 bits per heavy atom. The van der Waals surface area contributed by atoms with Gasteiger partial charge in [-0.2, -0.15) is 18.3 Å². The zero-order valence-corrected chi connectivity index (χ0v) is 13.9. The number of fused-ring (bicyclic) bond motifs is 3. The smallest absolute Gasteiger partial charge is 0.261 e. The second kappa shape index (κ2) is 6.34. The Hall–Kier alpha value is -2.06. The van der Waals surface area contributed by atoms with Crippen LogP contribution in [-0.4, -0.2) is 21.2 Å². The van der Waals surface area contributed by atoms with Crippen molar-refractivity contribution in [2.45, 2.75) is 36.4 Å². The van der Waals surface area contributed by atoms with Crippen LogP contribution in [0.3, 0.4) is 0 Å². The molecule has 2 N–H and O–H groups in total. The third kappa shape index (κ3) is 3.36. The number of rotatable bonds is 3. The van der Waals surface area contributed by atoms with Crippen molar-refractivity contribution >= 4 is 23.0 Å². The van der Waals surface area contributed by atoms with Gasteiger partial charge < -0.3 is 0 Å². The zero-order chi connectivity index (χ0) is 17.4. The Balaban J connectivity index is 1.41. The minimum Gasteiger partial charge on any atom is -0.261 e. The van der Waals surface area contributed by atoms with Gasteiger partial charge in [0.1, 0.15) is 0 Å². The molecule has 25 heavy (non-hydrogen) atoms. The first kappa shape index (κ1) is 16.4. The molecule has 0 saturated carbocycles. The van der Waals surface area contributed by atoms with Crippen molar-refractivity contribution < 1.29 is 13.2 Å². The number of nitrogens with one attached hydrogen (secondary N) is 2. The normalized spacial score (nSPS) is 17.6. The molecule has 2 heterocycles. The van der Waals surface area contributed by atoms with Crippen molar-refractivity contribution in [1.82, 2.24) is 19.9 Å². The van der Waals surface area contributed by atoms with E-state index in [-0.39, 0.29) is 6.04 Å². The van der Waals surface area contributed by atoms with Gasteiger partial charge in [0.2, 0.25) is 0 Å². The maximum absolute atomic E-state index is 12.6. The second-order valence-corrected chi connectivity index (χ2v) is 6.99. The van der Waals surface area contributed by atoms with E-state index in [1.54, 1.807) is 0 Å². The number of benzene rings is 1. The Labute approximate surface area is 146 Å². The van der Waals surface area contributed by atoms with Crippen LogP contribution in [0.4, 0.5) is 13.2 Å². The summed E-state index contributed by atoms with van der Waals surface area (Å²) in [7, 11) is 0. The van der Waals surface area contributed by atoms with Crippen LogP contribution in [0.5, 0.6) is 0 Å². The molecule has 1 aromatic carbocycles. The first-order valence-corrected chi connectivity index (χ1v) is 8.72. The van der Waals surface area contributed by atoms with Crippen LogP contribution in [0.2, 0.25) is 0 Å². The van der Waals surface area contributed by atoms with Gasteiger partial charge in [-0.1, -0.05) is 0 Å². The van der Waals surface area contributed by atoms with E-state index in [0.29, 0.717) is 0 Å². The minimum absolute atomic E-state index is 0.256. The third-order valence-corrected chi connectivity index (χ3v) is 5.37. The lowest BCUT2D eigenvalue weighted by molar-refractivity contribution is -0.137. The average molecular weight is 364 g/mol. The highest BCUT2D eigenvalue weighted by Crippen LogP contribution is 2.31. The molecule has 3 aromatic rings. The fourth-order valence-corrected chi connectivity index (χ4v) is 3.89. The molecule has 0 radical (unpaired) electrons. The maximum Gasteiger partial charge on any atom is 0.416 e. The highest BCUT2D eigenvalue weighted by atomic mass is 32.2. The van der Waals surface area contributed by atoms with Gasteiger partial charge in [0.05, 0.1) is 11.8 Å². The van der Waals surface area contributed by atoms with Crippen molar-refractivity contribution in [2.75, 3.05) is 0 Å². The van der Waals surface area contributed by atoms with Crippen molar-refractivity contribution in [3.63, 3.8) is 0 Å². The van der Waals surface area contributed by atoms with Gasteiger partial charge >= 0.3 is 6.18 Å². The van der Waals surface area contributed by atoms with Crippen LogP contribution in [0.1, 0.15) is 23.1 Å². The Bertz CT molecular complexity index is 889. The van der Waals surface area contributed by atoms with E-state index in [2.05, 4.69) is 19.9 Å². The van der Waals surface area contributed by atoms with Gasteiger partial charge in [0, 0.05) is 22.5 Å².